The fraction of sp³-hybridized carbons (Fsp3) is 0.550. The highest BCUT2D eigenvalue weighted by atomic mass is 19.1. The van der Waals surface area contributed by atoms with E-state index in [2.05, 4.69) is 15.1 Å². The van der Waals surface area contributed by atoms with E-state index in [1.165, 1.54) is 32.4 Å². The highest BCUT2D eigenvalue weighted by molar-refractivity contribution is 5.64. The second kappa shape index (κ2) is 9.14. The molecule has 0 saturated carbocycles. The summed E-state index contributed by atoms with van der Waals surface area (Å²) in [7, 11) is 3.30. The van der Waals surface area contributed by atoms with E-state index in [1.807, 2.05) is 6.20 Å². The third-order valence-electron chi connectivity index (χ3n) is 5.23. The van der Waals surface area contributed by atoms with Gasteiger partial charge in [0.25, 0.3) is 0 Å². The number of hydrogen-bond acceptors (Lipinski definition) is 4. The van der Waals surface area contributed by atoms with Gasteiger partial charge in [0.2, 0.25) is 0 Å². The van der Waals surface area contributed by atoms with Crippen LogP contribution >= 0.6 is 0 Å². The van der Waals surface area contributed by atoms with Crippen LogP contribution in [0.1, 0.15) is 31.2 Å². The molecule has 1 aromatic heterocycles. The first kappa shape index (κ1) is 18.9. The SMILES string of the molecule is COCCCC1CCN(Cc2cn[nH]c2-c2ccc(OC)cc2F)CC1. The molecule has 1 N–H and O–H groups in total. The third kappa shape index (κ3) is 4.62. The molecule has 1 aliphatic heterocycles. The number of H-pyrrole nitrogens is 1. The maximum absolute atomic E-state index is 14.4. The van der Waals surface area contributed by atoms with Crippen molar-refractivity contribution < 1.29 is 13.9 Å². The van der Waals surface area contributed by atoms with Crippen LogP contribution in [0.15, 0.2) is 24.4 Å². The molecule has 142 valence electrons. The molecule has 2 heterocycles. The molecule has 2 aromatic rings. The van der Waals surface area contributed by atoms with Gasteiger partial charge in [-0.3, -0.25) is 10.00 Å². The van der Waals surface area contributed by atoms with Gasteiger partial charge in [-0.1, -0.05) is 0 Å². The Kier molecular flexibility index (Phi) is 6.63. The van der Waals surface area contributed by atoms with Crippen molar-refractivity contribution in [2.24, 2.45) is 5.92 Å². The highest BCUT2D eigenvalue weighted by Crippen LogP contribution is 2.29. The molecule has 1 aliphatic rings. The summed E-state index contributed by atoms with van der Waals surface area (Å²) in [4.78, 5) is 2.43. The minimum atomic E-state index is -0.299. The van der Waals surface area contributed by atoms with Crippen LogP contribution in [0.5, 0.6) is 5.75 Å². The molecule has 0 unspecified atom stereocenters. The predicted octanol–water partition coefficient (Wildman–Crippen LogP) is 3.86. The highest BCUT2D eigenvalue weighted by Gasteiger charge is 2.21. The van der Waals surface area contributed by atoms with Crippen molar-refractivity contribution in [2.75, 3.05) is 33.9 Å². The van der Waals surface area contributed by atoms with Crippen molar-refractivity contribution in [1.29, 1.82) is 0 Å². The van der Waals surface area contributed by atoms with Crippen LogP contribution in [0.4, 0.5) is 4.39 Å². The molecular weight excluding hydrogens is 333 g/mol. The van der Waals surface area contributed by atoms with Crippen molar-refractivity contribution in [3.05, 3.63) is 35.8 Å². The number of nitrogens with zero attached hydrogens (tertiary/aromatic N) is 2. The molecule has 0 aliphatic carbocycles. The summed E-state index contributed by atoms with van der Waals surface area (Å²) >= 11 is 0. The number of hydrogen-bond donors (Lipinski definition) is 1. The Morgan fingerprint density at radius 3 is 2.77 bits per heavy atom. The number of rotatable bonds is 8. The summed E-state index contributed by atoms with van der Waals surface area (Å²) in [5.74, 6) is 1.01. The Bertz CT molecular complexity index is 696. The van der Waals surface area contributed by atoms with E-state index < -0.39 is 0 Å². The van der Waals surface area contributed by atoms with E-state index in [1.54, 1.807) is 19.2 Å². The molecule has 0 radical (unpaired) electrons. The van der Waals surface area contributed by atoms with Gasteiger partial charge >= 0.3 is 0 Å². The minimum Gasteiger partial charge on any atom is -0.497 e. The number of halogens is 1. The van der Waals surface area contributed by atoms with Crippen LogP contribution in [0.25, 0.3) is 11.3 Å². The van der Waals surface area contributed by atoms with Gasteiger partial charge in [-0.2, -0.15) is 5.10 Å². The van der Waals surface area contributed by atoms with Gasteiger partial charge < -0.3 is 9.47 Å². The monoisotopic (exact) mass is 361 g/mol. The second-order valence-electron chi connectivity index (χ2n) is 6.97. The fourth-order valence-electron chi connectivity index (χ4n) is 3.68. The molecular formula is C20H28FN3O2. The Morgan fingerprint density at radius 1 is 1.27 bits per heavy atom. The van der Waals surface area contributed by atoms with Gasteiger partial charge in [-0.15, -0.1) is 0 Å². The van der Waals surface area contributed by atoms with Crippen molar-refractivity contribution in [1.82, 2.24) is 15.1 Å². The first-order chi connectivity index (χ1) is 12.7. The zero-order valence-electron chi connectivity index (χ0n) is 15.6. The number of likely N-dealkylation sites (tertiary alicyclic amines) is 1. The standard InChI is InChI=1S/C20H28FN3O2/c1-25-11-3-4-15-7-9-24(10-8-15)14-16-13-22-23-20(16)18-6-5-17(26-2)12-19(18)21/h5-6,12-13,15H,3-4,7-11,14H2,1-2H3,(H,22,23). The van der Waals surface area contributed by atoms with Crippen molar-refractivity contribution in [2.45, 2.75) is 32.2 Å². The average Bonchev–Trinajstić information content (AvgIpc) is 3.11. The maximum Gasteiger partial charge on any atom is 0.136 e. The van der Waals surface area contributed by atoms with Crippen LogP contribution in [0.3, 0.4) is 0 Å². The topological polar surface area (TPSA) is 50.4 Å². The van der Waals surface area contributed by atoms with Crippen LogP contribution < -0.4 is 4.74 Å². The molecule has 3 rings (SSSR count). The van der Waals surface area contributed by atoms with Gasteiger partial charge in [-0.25, -0.2) is 4.39 Å². The molecule has 0 bridgehead atoms. The van der Waals surface area contributed by atoms with Crippen molar-refractivity contribution in [3.8, 4) is 17.0 Å². The fourth-order valence-corrected chi connectivity index (χ4v) is 3.68. The van der Waals surface area contributed by atoms with Gasteiger partial charge in [0.15, 0.2) is 0 Å². The van der Waals surface area contributed by atoms with Gasteiger partial charge in [0.05, 0.1) is 19.0 Å². The van der Waals surface area contributed by atoms with E-state index in [0.717, 1.165) is 49.8 Å². The van der Waals surface area contributed by atoms with Crippen molar-refractivity contribution >= 4 is 0 Å². The van der Waals surface area contributed by atoms with E-state index in [9.17, 15) is 4.39 Å². The number of aromatic nitrogens is 2. The smallest absolute Gasteiger partial charge is 0.136 e. The zero-order valence-corrected chi connectivity index (χ0v) is 15.6. The molecule has 1 aromatic carbocycles. The molecule has 0 spiro atoms. The lowest BCUT2D eigenvalue weighted by molar-refractivity contribution is 0.151. The van der Waals surface area contributed by atoms with Crippen LogP contribution in [0.2, 0.25) is 0 Å². The van der Waals surface area contributed by atoms with Gasteiger partial charge in [0.1, 0.15) is 11.6 Å². The molecule has 0 amide bonds. The number of benzene rings is 1. The summed E-state index contributed by atoms with van der Waals surface area (Å²) < 4.78 is 24.6. The van der Waals surface area contributed by atoms with E-state index in [4.69, 9.17) is 9.47 Å². The molecule has 1 fully saturated rings. The third-order valence-corrected chi connectivity index (χ3v) is 5.23. The Balaban J connectivity index is 1.60. The normalized spacial score (nSPS) is 16.1. The lowest BCUT2D eigenvalue weighted by Crippen LogP contribution is -2.33. The summed E-state index contributed by atoms with van der Waals surface area (Å²) in [6.45, 7) is 3.80. The Morgan fingerprint density at radius 2 is 2.08 bits per heavy atom. The number of methoxy groups -OCH3 is 2. The molecule has 5 nitrogen and oxygen atoms in total. The van der Waals surface area contributed by atoms with Gasteiger partial charge in [-0.05, 0) is 56.8 Å². The van der Waals surface area contributed by atoms with Gasteiger partial charge in [0, 0.05) is 37.5 Å². The van der Waals surface area contributed by atoms with E-state index >= 15 is 0 Å². The molecule has 0 atom stereocenters. The summed E-state index contributed by atoms with van der Waals surface area (Å²) in [6.07, 6.45) is 6.63. The largest absolute Gasteiger partial charge is 0.497 e. The predicted molar refractivity (Wildman–Crippen MR) is 99.6 cm³/mol. The number of aromatic amines is 1. The lowest BCUT2D eigenvalue weighted by Gasteiger charge is -2.31. The zero-order chi connectivity index (χ0) is 18.4. The Hall–Kier alpha value is -1.92. The van der Waals surface area contributed by atoms with Crippen molar-refractivity contribution in [3.63, 3.8) is 0 Å². The summed E-state index contributed by atoms with van der Waals surface area (Å²) in [5.41, 5.74) is 2.33. The second-order valence-corrected chi connectivity index (χ2v) is 6.97. The van der Waals surface area contributed by atoms with E-state index in [0.29, 0.717) is 11.3 Å². The lowest BCUT2D eigenvalue weighted by atomic mass is 9.92. The minimum absolute atomic E-state index is 0.299. The van der Waals surface area contributed by atoms with Crippen LogP contribution in [-0.2, 0) is 11.3 Å². The quantitative estimate of drug-likeness (QED) is 0.726. The molecule has 1 saturated heterocycles. The first-order valence-corrected chi connectivity index (χ1v) is 9.28. The molecule has 26 heavy (non-hydrogen) atoms. The van der Waals surface area contributed by atoms with Crippen LogP contribution in [0, 0.1) is 11.7 Å². The first-order valence-electron chi connectivity index (χ1n) is 9.28. The number of piperidine rings is 1. The average molecular weight is 361 g/mol. The summed E-state index contributed by atoms with van der Waals surface area (Å²) in [5, 5.41) is 7.11. The molecule has 6 heteroatoms. The Labute approximate surface area is 154 Å². The maximum atomic E-state index is 14.4. The van der Waals surface area contributed by atoms with Crippen LogP contribution in [-0.4, -0.2) is 49.0 Å². The summed E-state index contributed by atoms with van der Waals surface area (Å²) in [6, 6.07) is 4.92. The number of nitrogens with one attached hydrogen (secondary N) is 1. The number of ether oxygens (including phenoxy) is 2. The van der Waals surface area contributed by atoms with E-state index in [-0.39, 0.29) is 5.82 Å².